The normalized spacial score (nSPS) is 10.4. The van der Waals surface area contributed by atoms with E-state index in [1.54, 1.807) is 0 Å². The van der Waals surface area contributed by atoms with Crippen LogP contribution in [-0.4, -0.2) is 6.61 Å². The molecule has 1 nitrogen and oxygen atoms in total. The number of ether oxygens (including phenoxy) is 1. The van der Waals surface area contributed by atoms with Gasteiger partial charge in [0.05, 0.1) is 11.1 Å². The topological polar surface area (TPSA) is 9.23 Å². The highest BCUT2D eigenvalue weighted by Crippen LogP contribution is 2.34. The lowest BCUT2D eigenvalue weighted by Gasteiger charge is -2.09. The van der Waals surface area contributed by atoms with Gasteiger partial charge in [0, 0.05) is 8.95 Å². The molecule has 0 heterocycles. The van der Waals surface area contributed by atoms with E-state index in [1.807, 2.05) is 12.1 Å². The van der Waals surface area contributed by atoms with E-state index in [1.165, 1.54) is 12.8 Å². The highest BCUT2D eigenvalue weighted by Gasteiger charge is 2.05. The fraction of sp³-hybridized carbons (Fsp3) is 0.455. The van der Waals surface area contributed by atoms with Gasteiger partial charge in [-0.15, -0.1) is 0 Å². The van der Waals surface area contributed by atoms with E-state index in [4.69, 9.17) is 4.74 Å². The number of halogens is 3. The minimum absolute atomic E-state index is 0.778. The SMILES string of the molecule is CCCCCOc1cc(Br)c(Br)cc1Br. The summed E-state index contributed by atoms with van der Waals surface area (Å²) < 4.78 is 8.69. The standard InChI is InChI=1S/C11H13Br3O/c1-2-3-4-5-15-11-7-9(13)8(12)6-10(11)14/h6-7H,2-5H2,1H3. The van der Waals surface area contributed by atoms with Crippen LogP contribution in [0.15, 0.2) is 25.6 Å². The van der Waals surface area contributed by atoms with Crippen LogP contribution >= 0.6 is 47.8 Å². The molecule has 0 unspecified atom stereocenters. The van der Waals surface area contributed by atoms with Gasteiger partial charge in [0.1, 0.15) is 5.75 Å². The molecule has 0 aromatic heterocycles. The van der Waals surface area contributed by atoms with Crippen molar-refractivity contribution in [3.63, 3.8) is 0 Å². The first-order valence-corrected chi connectivity index (χ1v) is 7.30. The van der Waals surface area contributed by atoms with Crippen molar-refractivity contribution in [2.24, 2.45) is 0 Å². The molecule has 0 spiro atoms. The van der Waals surface area contributed by atoms with Gasteiger partial charge < -0.3 is 4.74 Å². The van der Waals surface area contributed by atoms with Crippen LogP contribution in [0.2, 0.25) is 0 Å². The van der Waals surface area contributed by atoms with Gasteiger partial charge in [0.2, 0.25) is 0 Å². The summed E-state index contributed by atoms with van der Waals surface area (Å²) in [6, 6.07) is 3.96. The van der Waals surface area contributed by atoms with Crippen molar-refractivity contribution in [3.05, 3.63) is 25.6 Å². The Morgan fingerprint density at radius 1 is 1.00 bits per heavy atom. The highest BCUT2D eigenvalue weighted by atomic mass is 79.9. The minimum Gasteiger partial charge on any atom is -0.492 e. The predicted molar refractivity (Wildman–Crippen MR) is 74.6 cm³/mol. The van der Waals surface area contributed by atoms with Crippen molar-refractivity contribution in [3.8, 4) is 5.75 Å². The van der Waals surface area contributed by atoms with Gasteiger partial charge >= 0.3 is 0 Å². The molecule has 0 fully saturated rings. The summed E-state index contributed by atoms with van der Waals surface area (Å²) in [5, 5.41) is 0. The zero-order valence-electron chi connectivity index (χ0n) is 8.53. The number of unbranched alkanes of at least 4 members (excludes halogenated alkanes) is 2. The minimum atomic E-state index is 0.778. The molecular formula is C11H13Br3O. The molecule has 84 valence electrons. The predicted octanol–water partition coefficient (Wildman–Crippen LogP) is 5.54. The summed E-state index contributed by atoms with van der Waals surface area (Å²) in [4.78, 5) is 0. The smallest absolute Gasteiger partial charge is 0.134 e. The second-order valence-corrected chi connectivity index (χ2v) is 5.82. The van der Waals surface area contributed by atoms with Crippen molar-refractivity contribution in [2.75, 3.05) is 6.61 Å². The molecule has 0 saturated heterocycles. The molecule has 1 rings (SSSR count). The van der Waals surface area contributed by atoms with Gasteiger partial charge in [-0.1, -0.05) is 19.8 Å². The van der Waals surface area contributed by atoms with Gasteiger partial charge in [-0.2, -0.15) is 0 Å². The monoisotopic (exact) mass is 398 g/mol. The Kier molecular flexibility index (Phi) is 6.24. The maximum absolute atomic E-state index is 5.68. The van der Waals surface area contributed by atoms with E-state index in [-0.39, 0.29) is 0 Å². The number of hydrogen-bond donors (Lipinski definition) is 0. The zero-order chi connectivity index (χ0) is 11.3. The summed E-state index contributed by atoms with van der Waals surface area (Å²) >= 11 is 10.4. The van der Waals surface area contributed by atoms with Crippen molar-refractivity contribution in [1.82, 2.24) is 0 Å². The second kappa shape index (κ2) is 6.92. The second-order valence-electron chi connectivity index (χ2n) is 3.25. The van der Waals surface area contributed by atoms with Crippen molar-refractivity contribution in [1.29, 1.82) is 0 Å². The average Bonchev–Trinajstić information content (AvgIpc) is 2.20. The van der Waals surface area contributed by atoms with Crippen LogP contribution in [0.4, 0.5) is 0 Å². The molecular weight excluding hydrogens is 388 g/mol. The molecule has 15 heavy (non-hydrogen) atoms. The van der Waals surface area contributed by atoms with Gasteiger partial charge in [0.15, 0.2) is 0 Å². The summed E-state index contributed by atoms with van der Waals surface area (Å²) in [6.45, 7) is 2.96. The molecule has 0 amide bonds. The van der Waals surface area contributed by atoms with Crippen LogP contribution in [0.25, 0.3) is 0 Å². The maximum Gasteiger partial charge on any atom is 0.134 e. The van der Waals surface area contributed by atoms with Gasteiger partial charge in [-0.3, -0.25) is 0 Å². The molecule has 0 N–H and O–H groups in total. The largest absolute Gasteiger partial charge is 0.492 e. The quantitative estimate of drug-likeness (QED) is 0.465. The number of rotatable bonds is 5. The summed E-state index contributed by atoms with van der Waals surface area (Å²) in [6.07, 6.45) is 3.54. The Bertz CT molecular complexity index is 326. The van der Waals surface area contributed by atoms with E-state index in [9.17, 15) is 0 Å². The zero-order valence-corrected chi connectivity index (χ0v) is 13.3. The van der Waals surface area contributed by atoms with Crippen LogP contribution in [-0.2, 0) is 0 Å². The van der Waals surface area contributed by atoms with Gasteiger partial charge in [-0.05, 0) is 66.3 Å². The molecule has 0 atom stereocenters. The number of benzene rings is 1. The Labute approximate surface area is 116 Å². The van der Waals surface area contributed by atoms with E-state index in [2.05, 4.69) is 54.7 Å². The molecule has 0 aliphatic heterocycles. The average molecular weight is 401 g/mol. The molecule has 0 aliphatic carbocycles. The van der Waals surface area contributed by atoms with Crippen LogP contribution < -0.4 is 4.74 Å². The fourth-order valence-electron chi connectivity index (χ4n) is 1.15. The van der Waals surface area contributed by atoms with Crippen LogP contribution in [0, 0.1) is 0 Å². The molecule has 0 bridgehead atoms. The van der Waals surface area contributed by atoms with Crippen molar-refractivity contribution < 1.29 is 4.74 Å². The Balaban J connectivity index is 2.57. The van der Waals surface area contributed by atoms with E-state index >= 15 is 0 Å². The van der Waals surface area contributed by atoms with E-state index in [0.29, 0.717) is 0 Å². The van der Waals surface area contributed by atoms with Crippen LogP contribution in [0.1, 0.15) is 26.2 Å². The third kappa shape index (κ3) is 4.45. The Morgan fingerprint density at radius 2 is 1.67 bits per heavy atom. The lowest BCUT2D eigenvalue weighted by molar-refractivity contribution is 0.304. The maximum atomic E-state index is 5.68. The van der Waals surface area contributed by atoms with Crippen molar-refractivity contribution in [2.45, 2.75) is 26.2 Å². The van der Waals surface area contributed by atoms with Crippen LogP contribution in [0.3, 0.4) is 0 Å². The van der Waals surface area contributed by atoms with Crippen LogP contribution in [0.5, 0.6) is 5.75 Å². The van der Waals surface area contributed by atoms with Gasteiger partial charge in [-0.25, -0.2) is 0 Å². The Morgan fingerprint density at radius 3 is 2.33 bits per heavy atom. The Hall–Kier alpha value is 0.460. The summed E-state index contributed by atoms with van der Waals surface area (Å²) in [5.74, 6) is 0.890. The van der Waals surface area contributed by atoms with E-state index < -0.39 is 0 Å². The first kappa shape index (κ1) is 13.5. The van der Waals surface area contributed by atoms with Crippen molar-refractivity contribution >= 4 is 47.8 Å². The molecule has 1 aromatic carbocycles. The lowest BCUT2D eigenvalue weighted by Crippen LogP contribution is -1.97. The first-order chi connectivity index (χ1) is 7.15. The first-order valence-electron chi connectivity index (χ1n) is 4.92. The molecule has 0 radical (unpaired) electrons. The third-order valence-corrected chi connectivity index (χ3v) is 4.44. The molecule has 1 aromatic rings. The molecule has 0 saturated carbocycles. The van der Waals surface area contributed by atoms with E-state index in [0.717, 1.165) is 32.2 Å². The number of hydrogen-bond acceptors (Lipinski definition) is 1. The highest BCUT2D eigenvalue weighted by molar-refractivity contribution is 9.13. The summed E-state index contributed by atoms with van der Waals surface area (Å²) in [5.41, 5.74) is 0. The molecule has 0 aliphatic rings. The summed E-state index contributed by atoms with van der Waals surface area (Å²) in [7, 11) is 0. The molecule has 4 heteroatoms. The third-order valence-electron chi connectivity index (χ3n) is 1.98. The van der Waals surface area contributed by atoms with Gasteiger partial charge in [0.25, 0.3) is 0 Å². The lowest BCUT2D eigenvalue weighted by atomic mass is 10.3. The fourth-order valence-corrected chi connectivity index (χ4v) is 2.58.